The predicted octanol–water partition coefficient (Wildman–Crippen LogP) is 17.2. The summed E-state index contributed by atoms with van der Waals surface area (Å²) in [5.41, 5.74) is 0. The summed E-state index contributed by atoms with van der Waals surface area (Å²) >= 11 is 0. The maximum atomic E-state index is 12.5. The molecule has 0 aromatic carbocycles. The van der Waals surface area contributed by atoms with E-state index < -0.39 is 12.1 Å². The van der Waals surface area contributed by atoms with Crippen LogP contribution in [0.2, 0.25) is 0 Å². The molecule has 0 heterocycles. The summed E-state index contributed by atoms with van der Waals surface area (Å²) in [4.78, 5) is 24.5. The largest absolute Gasteiger partial charge is 0.466 e. The van der Waals surface area contributed by atoms with Crippen LogP contribution in [0.25, 0.3) is 0 Å². The first-order chi connectivity index (χ1) is 31.5. The van der Waals surface area contributed by atoms with Crippen LogP contribution in [-0.2, 0) is 14.3 Å². The van der Waals surface area contributed by atoms with Crippen LogP contribution in [0.15, 0.2) is 36.5 Å². The van der Waals surface area contributed by atoms with Crippen LogP contribution in [0, 0.1) is 0 Å². The summed E-state index contributed by atoms with van der Waals surface area (Å²) in [6.07, 6.45) is 65.8. The van der Waals surface area contributed by atoms with Crippen molar-refractivity contribution in [1.29, 1.82) is 0 Å². The molecule has 0 radical (unpaired) electrons. The third kappa shape index (κ3) is 49.5. The Kier molecular flexibility index (Phi) is 52.1. The molecule has 0 rings (SSSR count). The van der Waals surface area contributed by atoms with E-state index in [9.17, 15) is 19.8 Å². The average molecular weight is 901 g/mol. The Labute approximate surface area is 398 Å². The highest BCUT2D eigenvalue weighted by Crippen LogP contribution is 2.16. The Bertz CT molecular complexity index is 1040. The molecule has 6 nitrogen and oxygen atoms in total. The lowest BCUT2D eigenvalue weighted by Crippen LogP contribution is -2.45. The van der Waals surface area contributed by atoms with Crippen LogP contribution in [0.5, 0.6) is 0 Å². The molecular weight excluding hydrogens is 791 g/mol. The quantitative estimate of drug-likeness (QED) is 0.0321. The lowest BCUT2D eigenvalue weighted by atomic mass is 10.0. The number of unbranched alkanes of at least 4 members (excludes halogenated alkanes) is 37. The lowest BCUT2D eigenvalue weighted by Gasteiger charge is -2.20. The van der Waals surface area contributed by atoms with E-state index >= 15 is 0 Å². The van der Waals surface area contributed by atoms with Crippen LogP contribution in [-0.4, -0.2) is 47.4 Å². The predicted molar refractivity (Wildman–Crippen MR) is 278 cm³/mol. The third-order valence-corrected chi connectivity index (χ3v) is 12.9. The van der Waals surface area contributed by atoms with Crippen molar-refractivity contribution >= 4 is 11.9 Å². The molecule has 64 heavy (non-hydrogen) atoms. The van der Waals surface area contributed by atoms with Crippen molar-refractivity contribution in [3.8, 4) is 0 Å². The van der Waals surface area contributed by atoms with Crippen molar-refractivity contribution in [3.63, 3.8) is 0 Å². The third-order valence-electron chi connectivity index (χ3n) is 12.9. The number of amides is 1. The Balaban J connectivity index is 3.52. The minimum Gasteiger partial charge on any atom is -0.466 e. The summed E-state index contributed by atoms with van der Waals surface area (Å²) < 4.78 is 5.45. The van der Waals surface area contributed by atoms with E-state index in [-0.39, 0.29) is 18.5 Å². The molecule has 0 fully saturated rings. The summed E-state index contributed by atoms with van der Waals surface area (Å²) in [7, 11) is 0. The topological polar surface area (TPSA) is 95.9 Å². The van der Waals surface area contributed by atoms with Gasteiger partial charge >= 0.3 is 5.97 Å². The number of carbonyl (C=O) groups is 2. The molecule has 0 spiro atoms. The van der Waals surface area contributed by atoms with Crippen LogP contribution in [0.3, 0.4) is 0 Å². The first-order valence-corrected chi connectivity index (χ1v) is 28.3. The van der Waals surface area contributed by atoms with E-state index in [1.165, 1.54) is 205 Å². The Morgan fingerprint density at radius 2 is 0.734 bits per heavy atom. The number of aliphatic hydroxyl groups excluding tert-OH is 2. The summed E-state index contributed by atoms with van der Waals surface area (Å²) in [6, 6.07) is -0.641. The molecular formula is C58H109NO5. The van der Waals surface area contributed by atoms with E-state index in [2.05, 4.69) is 43.5 Å². The zero-order valence-corrected chi connectivity index (χ0v) is 42.8. The van der Waals surface area contributed by atoms with E-state index in [0.717, 1.165) is 64.2 Å². The summed E-state index contributed by atoms with van der Waals surface area (Å²) in [6.45, 7) is 4.86. The number of hydrogen-bond acceptors (Lipinski definition) is 5. The second-order valence-corrected chi connectivity index (χ2v) is 19.3. The number of hydrogen-bond donors (Lipinski definition) is 3. The number of rotatable bonds is 52. The van der Waals surface area contributed by atoms with Gasteiger partial charge in [-0.05, 0) is 83.5 Å². The lowest BCUT2D eigenvalue weighted by molar-refractivity contribution is -0.143. The number of nitrogens with one attached hydrogen (secondary N) is 1. The number of esters is 1. The first kappa shape index (κ1) is 62.1. The van der Waals surface area contributed by atoms with E-state index in [0.29, 0.717) is 19.4 Å². The first-order valence-electron chi connectivity index (χ1n) is 28.3. The molecule has 0 bridgehead atoms. The number of carbonyl (C=O) groups excluding carboxylic acids is 2. The molecule has 6 heteroatoms. The second-order valence-electron chi connectivity index (χ2n) is 19.3. The fourth-order valence-electron chi connectivity index (χ4n) is 8.50. The van der Waals surface area contributed by atoms with Crippen LogP contribution < -0.4 is 5.32 Å². The smallest absolute Gasteiger partial charge is 0.305 e. The van der Waals surface area contributed by atoms with Gasteiger partial charge in [0.1, 0.15) is 0 Å². The zero-order chi connectivity index (χ0) is 46.5. The number of allylic oxidation sites excluding steroid dienone is 5. The van der Waals surface area contributed by atoms with Gasteiger partial charge in [-0.2, -0.15) is 0 Å². The van der Waals surface area contributed by atoms with Crippen molar-refractivity contribution in [2.24, 2.45) is 0 Å². The van der Waals surface area contributed by atoms with Gasteiger partial charge in [0.2, 0.25) is 5.91 Å². The van der Waals surface area contributed by atoms with Crippen LogP contribution in [0.4, 0.5) is 0 Å². The minimum atomic E-state index is -0.856. The van der Waals surface area contributed by atoms with E-state index in [1.54, 1.807) is 6.08 Å². The van der Waals surface area contributed by atoms with Gasteiger partial charge < -0.3 is 20.3 Å². The maximum absolute atomic E-state index is 12.5. The van der Waals surface area contributed by atoms with Crippen LogP contribution >= 0.6 is 0 Å². The molecule has 0 aromatic rings. The van der Waals surface area contributed by atoms with Crippen molar-refractivity contribution in [3.05, 3.63) is 36.5 Å². The van der Waals surface area contributed by atoms with E-state index in [4.69, 9.17) is 4.74 Å². The number of ether oxygens (including phenoxy) is 1. The molecule has 0 saturated carbocycles. The highest BCUT2D eigenvalue weighted by molar-refractivity contribution is 5.76. The summed E-state index contributed by atoms with van der Waals surface area (Å²) in [5, 5.41) is 23.1. The normalized spacial score (nSPS) is 12.9. The molecule has 2 atom stereocenters. The van der Waals surface area contributed by atoms with Gasteiger partial charge in [-0.3, -0.25) is 9.59 Å². The monoisotopic (exact) mass is 900 g/mol. The molecule has 376 valence electrons. The molecule has 0 saturated heterocycles. The van der Waals surface area contributed by atoms with Crippen LogP contribution in [0.1, 0.15) is 296 Å². The Hall–Kier alpha value is -1.92. The van der Waals surface area contributed by atoms with Crippen molar-refractivity contribution in [2.75, 3.05) is 13.2 Å². The standard InChI is InChI=1S/C58H109NO5/c1-3-5-7-9-11-13-15-17-18-19-20-21-24-27-30-34-38-42-46-50-56(61)55(54-60)59-57(62)51-47-43-39-35-31-28-25-22-23-26-29-33-37-41-45-49-53-64-58(63)52-48-44-40-36-32-16-14-12-10-8-6-4-2/h12,14,22,25,46,50,55-56,60-61H,3-11,13,15-21,23-24,26-45,47-49,51-54H2,1-2H3,(H,59,62)/b14-12-,25-22-,50-46+. The van der Waals surface area contributed by atoms with Gasteiger partial charge in [0, 0.05) is 12.8 Å². The molecule has 1 amide bonds. The zero-order valence-electron chi connectivity index (χ0n) is 42.8. The van der Waals surface area contributed by atoms with Crippen molar-refractivity contribution < 1.29 is 24.5 Å². The van der Waals surface area contributed by atoms with Crippen molar-refractivity contribution in [2.45, 2.75) is 309 Å². The van der Waals surface area contributed by atoms with Gasteiger partial charge in [-0.25, -0.2) is 0 Å². The maximum Gasteiger partial charge on any atom is 0.305 e. The Morgan fingerprint density at radius 1 is 0.422 bits per heavy atom. The van der Waals surface area contributed by atoms with Gasteiger partial charge in [0.25, 0.3) is 0 Å². The SMILES string of the molecule is CCCCC/C=C\CCCCCCCC(=O)OCCCCCCCCC/C=C\CCCCCCCC(=O)NC(CO)C(O)/C=C/CCCCCCCCCCCCCCCCCCC. The molecule has 0 aliphatic carbocycles. The van der Waals surface area contributed by atoms with Crippen molar-refractivity contribution in [1.82, 2.24) is 5.32 Å². The van der Waals surface area contributed by atoms with E-state index in [1.807, 2.05) is 6.08 Å². The molecule has 2 unspecified atom stereocenters. The molecule has 0 aliphatic heterocycles. The molecule has 0 aromatic heterocycles. The Morgan fingerprint density at radius 3 is 1.14 bits per heavy atom. The van der Waals surface area contributed by atoms with Gasteiger partial charge in [0.15, 0.2) is 0 Å². The second kappa shape index (κ2) is 53.7. The summed E-state index contributed by atoms with van der Waals surface area (Å²) in [5.74, 6) is -0.0982. The molecule has 3 N–H and O–H groups in total. The fourth-order valence-corrected chi connectivity index (χ4v) is 8.50. The number of aliphatic hydroxyl groups is 2. The fraction of sp³-hybridized carbons (Fsp3) is 0.862. The van der Waals surface area contributed by atoms with Gasteiger partial charge in [-0.15, -0.1) is 0 Å². The van der Waals surface area contributed by atoms with Gasteiger partial charge in [-0.1, -0.05) is 237 Å². The average Bonchev–Trinajstić information content (AvgIpc) is 3.29. The highest BCUT2D eigenvalue weighted by Gasteiger charge is 2.18. The molecule has 0 aliphatic rings. The minimum absolute atomic E-state index is 0.0141. The van der Waals surface area contributed by atoms with Gasteiger partial charge in [0.05, 0.1) is 25.4 Å². The highest BCUT2D eigenvalue weighted by atomic mass is 16.5.